The van der Waals surface area contributed by atoms with Gasteiger partial charge in [-0.15, -0.1) is 0 Å². The van der Waals surface area contributed by atoms with E-state index in [1.165, 1.54) is 23.7 Å². The van der Waals surface area contributed by atoms with Gasteiger partial charge >= 0.3 is 5.69 Å². The quantitative estimate of drug-likeness (QED) is 0.637. The predicted molar refractivity (Wildman–Crippen MR) is 94.5 cm³/mol. The highest BCUT2D eigenvalue weighted by Crippen LogP contribution is 2.10. The number of carbonyl (C=O) groups excluding carboxylic acids is 1. The molecule has 1 aromatic carbocycles. The van der Waals surface area contributed by atoms with Crippen LogP contribution in [0.4, 0.5) is 5.69 Å². The lowest BCUT2D eigenvalue weighted by molar-refractivity contribution is -0.111. The number of aromatic hydroxyl groups is 1. The Morgan fingerprint density at radius 1 is 1.40 bits per heavy atom. The lowest BCUT2D eigenvalue weighted by atomic mass is 10.2. The first-order valence-corrected chi connectivity index (χ1v) is 7.37. The number of aromatic nitrogens is 2. The molecule has 0 atom stereocenters. The number of nitrogens with one attached hydrogen (secondary N) is 1. The summed E-state index contributed by atoms with van der Waals surface area (Å²) in [4.78, 5) is 36.0. The summed E-state index contributed by atoms with van der Waals surface area (Å²) in [6.45, 7) is 4.91. The van der Waals surface area contributed by atoms with E-state index < -0.39 is 17.2 Å². The van der Waals surface area contributed by atoms with Crippen molar-refractivity contribution in [1.82, 2.24) is 9.13 Å². The molecule has 0 saturated carbocycles. The van der Waals surface area contributed by atoms with Crippen molar-refractivity contribution in [3.05, 3.63) is 69.0 Å². The molecular weight excluding hydrogens is 322 g/mol. The Morgan fingerprint density at radius 2 is 2.12 bits per heavy atom. The number of anilines is 1. The van der Waals surface area contributed by atoms with Crippen molar-refractivity contribution in [1.29, 1.82) is 0 Å². The van der Waals surface area contributed by atoms with Crippen LogP contribution in [0.2, 0.25) is 0 Å². The van der Waals surface area contributed by atoms with Crippen LogP contribution in [-0.2, 0) is 18.4 Å². The molecule has 0 radical (unpaired) electrons. The highest BCUT2D eigenvalue weighted by Gasteiger charge is 2.15. The molecule has 2 rings (SSSR count). The molecule has 0 spiro atoms. The van der Waals surface area contributed by atoms with Crippen LogP contribution in [0.3, 0.4) is 0 Å². The zero-order chi connectivity index (χ0) is 18.6. The van der Waals surface area contributed by atoms with Gasteiger partial charge in [-0.2, -0.15) is 0 Å². The van der Waals surface area contributed by atoms with Crippen molar-refractivity contribution in [3.63, 3.8) is 0 Å². The molecule has 1 amide bonds. The molecule has 0 saturated heterocycles. The van der Waals surface area contributed by atoms with Crippen molar-refractivity contribution in [2.45, 2.75) is 13.5 Å². The summed E-state index contributed by atoms with van der Waals surface area (Å²) in [7, 11) is 1.33. The molecule has 1 heterocycles. The van der Waals surface area contributed by atoms with Crippen LogP contribution in [0.25, 0.3) is 0 Å². The molecule has 25 heavy (non-hydrogen) atoms. The highest BCUT2D eigenvalue weighted by atomic mass is 16.3. The molecule has 2 N–H and O–H groups in total. The van der Waals surface area contributed by atoms with Gasteiger partial charge < -0.3 is 10.4 Å². The standard InChI is InChI=1S/C18H17N3O4/c1-4-15(23)19-16-12(2)21(18(25)20(3)17(16)24)10-6-8-13-7-5-9-14(22)11-13/h4-5,7,9,11,22H,1,10H2,2-3H3,(H,19,23). The second kappa shape index (κ2) is 7.36. The van der Waals surface area contributed by atoms with Crippen LogP contribution in [0.15, 0.2) is 46.5 Å². The summed E-state index contributed by atoms with van der Waals surface area (Å²) in [6.07, 6.45) is 1.04. The molecule has 0 aliphatic rings. The van der Waals surface area contributed by atoms with E-state index in [2.05, 4.69) is 23.7 Å². The summed E-state index contributed by atoms with van der Waals surface area (Å²) in [5.41, 5.74) is -0.241. The van der Waals surface area contributed by atoms with Crippen LogP contribution >= 0.6 is 0 Å². The molecule has 0 aliphatic heterocycles. The van der Waals surface area contributed by atoms with Crippen molar-refractivity contribution in [2.24, 2.45) is 7.05 Å². The maximum atomic E-state index is 12.3. The van der Waals surface area contributed by atoms with Gasteiger partial charge in [0.1, 0.15) is 11.4 Å². The fourth-order valence-electron chi connectivity index (χ4n) is 2.18. The van der Waals surface area contributed by atoms with Crippen molar-refractivity contribution in [2.75, 3.05) is 5.32 Å². The number of nitrogens with zero attached hydrogens (tertiary/aromatic N) is 2. The Labute approximate surface area is 143 Å². The van der Waals surface area contributed by atoms with Crippen LogP contribution < -0.4 is 16.6 Å². The smallest absolute Gasteiger partial charge is 0.331 e. The monoisotopic (exact) mass is 339 g/mol. The second-order valence-electron chi connectivity index (χ2n) is 5.24. The Bertz CT molecular complexity index is 1020. The maximum Gasteiger partial charge on any atom is 0.331 e. The highest BCUT2D eigenvalue weighted by molar-refractivity contribution is 5.99. The summed E-state index contributed by atoms with van der Waals surface area (Å²) in [6, 6.07) is 6.41. The minimum atomic E-state index is -0.602. The molecule has 2 aromatic rings. The van der Waals surface area contributed by atoms with E-state index in [-0.39, 0.29) is 18.0 Å². The third kappa shape index (κ3) is 3.87. The van der Waals surface area contributed by atoms with Gasteiger partial charge in [0.2, 0.25) is 5.91 Å². The molecule has 7 heteroatoms. The zero-order valence-corrected chi connectivity index (χ0v) is 13.9. The minimum Gasteiger partial charge on any atom is -0.508 e. The van der Waals surface area contributed by atoms with Gasteiger partial charge in [0, 0.05) is 18.3 Å². The average molecular weight is 339 g/mol. The van der Waals surface area contributed by atoms with E-state index in [0.717, 1.165) is 10.6 Å². The van der Waals surface area contributed by atoms with E-state index in [1.807, 2.05) is 0 Å². The minimum absolute atomic E-state index is 0.00570. The number of amides is 1. The molecule has 1 aromatic heterocycles. The molecule has 0 aliphatic carbocycles. The van der Waals surface area contributed by atoms with Crippen molar-refractivity contribution >= 4 is 11.6 Å². The topological polar surface area (TPSA) is 93.3 Å². The Hall–Kier alpha value is -3.53. The van der Waals surface area contributed by atoms with E-state index in [9.17, 15) is 19.5 Å². The summed E-state index contributed by atoms with van der Waals surface area (Å²) in [5, 5.41) is 11.8. The molecule has 0 unspecified atom stereocenters. The number of phenols is 1. The third-order valence-corrected chi connectivity index (χ3v) is 3.55. The fraction of sp³-hybridized carbons (Fsp3) is 0.167. The number of phenolic OH excluding ortho intramolecular Hbond substituents is 1. The summed E-state index contributed by atoms with van der Waals surface area (Å²) < 4.78 is 2.19. The van der Waals surface area contributed by atoms with Crippen molar-refractivity contribution < 1.29 is 9.90 Å². The van der Waals surface area contributed by atoms with Gasteiger partial charge in [-0.1, -0.05) is 24.5 Å². The predicted octanol–water partition coefficient (Wildman–Crippen LogP) is 0.737. The second-order valence-corrected chi connectivity index (χ2v) is 5.24. The van der Waals surface area contributed by atoms with Gasteiger partial charge in [0.25, 0.3) is 5.56 Å². The average Bonchev–Trinajstić information content (AvgIpc) is 2.59. The fourth-order valence-corrected chi connectivity index (χ4v) is 2.18. The molecule has 7 nitrogen and oxygen atoms in total. The largest absolute Gasteiger partial charge is 0.508 e. The Kier molecular flexibility index (Phi) is 5.25. The third-order valence-electron chi connectivity index (χ3n) is 3.55. The van der Waals surface area contributed by atoms with Gasteiger partial charge in [0.05, 0.1) is 6.54 Å². The van der Waals surface area contributed by atoms with Gasteiger partial charge in [-0.25, -0.2) is 4.79 Å². The van der Waals surface area contributed by atoms with Gasteiger partial charge in [0.15, 0.2) is 0 Å². The van der Waals surface area contributed by atoms with Gasteiger partial charge in [-0.3, -0.25) is 18.7 Å². The van der Waals surface area contributed by atoms with E-state index in [4.69, 9.17) is 0 Å². The molecule has 0 bridgehead atoms. The summed E-state index contributed by atoms with van der Waals surface area (Å²) >= 11 is 0. The maximum absolute atomic E-state index is 12.3. The van der Waals surface area contributed by atoms with E-state index >= 15 is 0 Å². The zero-order valence-electron chi connectivity index (χ0n) is 13.9. The van der Waals surface area contributed by atoms with Crippen LogP contribution in [-0.4, -0.2) is 20.1 Å². The number of benzene rings is 1. The van der Waals surface area contributed by atoms with Crippen LogP contribution in [0.5, 0.6) is 5.75 Å². The first-order valence-electron chi connectivity index (χ1n) is 7.37. The number of carbonyl (C=O) groups is 1. The number of rotatable bonds is 3. The van der Waals surface area contributed by atoms with E-state index in [0.29, 0.717) is 11.3 Å². The van der Waals surface area contributed by atoms with E-state index in [1.54, 1.807) is 19.1 Å². The Balaban J connectivity index is 2.45. The lowest BCUT2D eigenvalue weighted by Gasteiger charge is -2.13. The van der Waals surface area contributed by atoms with Crippen LogP contribution in [0.1, 0.15) is 11.3 Å². The van der Waals surface area contributed by atoms with Crippen molar-refractivity contribution in [3.8, 4) is 17.6 Å². The SMILES string of the molecule is C=CC(=O)Nc1c(C)n(CC#Cc2cccc(O)c2)c(=O)n(C)c1=O. The molecule has 0 fully saturated rings. The lowest BCUT2D eigenvalue weighted by Crippen LogP contribution is -2.41. The molecule has 128 valence electrons. The summed E-state index contributed by atoms with van der Waals surface area (Å²) in [5.74, 6) is 5.20. The van der Waals surface area contributed by atoms with Gasteiger partial charge in [-0.05, 0) is 31.2 Å². The first kappa shape index (κ1) is 17.8. The number of hydrogen-bond acceptors (Lipinski definition) is 4. The van der Waals surface area contributed by atoms with Crippen LogP contribution in [0, 0.1) is 18.8 Å². The first-order chi connectivity index (χ1) is 11.8. The normalized spacial score (nSPS) is 9.84. The molecular formula is C18H17N3O4. The number of hydrogen-bond donors (Lipinski definition) is 2. The Morgan fingerprint density at radius 3 is 2.76 bits per heavy atom.